The van der Waals surface area contributed by atoms with Crippen molar-refractivity contribution in [1.82, 2.24) is 40.7 Å². The second-order valence-electron chi connectivity index (χ2n) is 6.75. The first-order chi connectivity index (χ1) is 17.0. The Kier molecular flexibility index (Phi) is 6.81. The minimum absolute atomic E-state index is 0.00570. The summed E-state index contributed by atoms with van der Waals surface area (Å²) in [5.41, 5.74) is 0.734. The highest BCUT2D eigenvalue weighted by Crippen LogP contribution is 2.35. The molecule has 0 radical (unpaired) electrons. The number of hydrogen-bond acceptors (Lipinski definition) is 12. The number of carbonyl (C=O) groups is 1. The van der Waals surface area contributed by atoms with Crippen LogP contribution in [0.15, 0.2) is 42.9 Å². The van der Waals surface area contributed by atoms with Crippen LogP contribution in [0.1, 0.15) is 10.5 Å². The molecule has 14 heteroatoms. The van der Waals surface area contributed by atoms with Gasteiger partial charge in [-0.15, -0.1) is 20.4 Å². The Balaban J connectivity index is 1.71. The van der Waals surface area contributed by atoms with Gasteiger partial charge in [-0.1, -0.05) is 0 Å². The molecule has 35 heavy (non-hydrogen) atoms. The van der Waals surface area contributed by atoms with Gasteiger partial charge in [-0.3, -0.25) is 4.79 Å². The van der Waals surface area contributed by atoms with Gasteiger partial charge in [0, 0.05) is 25.4 Å². The van der Waals surface area contributed by atoms with Crippen molar-refractivity contribution in [2.45, 2.75) is 0 Å². The summed E-state index contributed by atoms with van der Waals surface area (Å²) in [6.45, 7) is 0. The number of ether oxygens (including phenoxy) is 2. The lowest BCUT2D eigenvalue weighted by Crippen LogP contribution is -2.21. The van der Waals surface area contributed by atoms with Crippen molar-refractivity contribution in [2.75, 3.05) is 31.9 Å². The van der Waals surface area contributed by atoms with Gasteiger partial charge in [0.25, 0.3) is 5.91 Å². The van der Waals surface area contributed by atoms with Crippen LogP contribution in [0.25, 0.3) is 11.4 Å². The molecule has 13 nitrogen and oxygen atoms in total. The van der Waals surface area contributed by atoms with Crippen LogP contribution in [0.2, 0.25) is 0 Å². The number of hydrogen-bond donors (Lipinski definition) is 3. The lowest BCUT2D eigenvalue weighted by Gasteiger charge is -2.15. The third-order valence-corrected chi connectivity index (χ3v) is 4.56. The van der Waals surface area contributed by atoms with Gasteiger partial charge >= 0.3 is 0 Å². The molecule has 3 N–H and O–H groups in total. The number of amides is 1. The molecule has 1 amide bonds. The Labute approximate surface area is 198 Å². The van der Waals surface area contributed by atoms with E-state index in [4.69, 9.17) is 9.47 Å². The van der Waals surface area contributed by atoms with E-state index < -0.39 is 11.7 Å². The van der Waals surface area contributed by atoms with Crippen LogP contribution in [0, 0.1) is 5.82 Å². The molecule has 4 heterocycles. The van der Waals surface area contributed by atoms with Crippen LogP contribution < -0.4 is 25.4 Å². The Morgan fingerprint density at radius 2 is 1.69 bits per heavy atom. The number of methoxy groups -OCH3 is 2. The molecule has 0 saturated carbocycles. The van der Waals surface area contributed by atoms with Crippen molar-refractivity contribution >= 4 is 29.0 Å². The van der Waals surface area contributed by atoms with E-state index in [-0.39, 0.29) is 34.6 Å². The average molecular weight is 478 g/mol. The maximum absolute atomic E-state index is 13.3. The fraction of sp³-hybridized carbons (Fsp3) is 0.143. The van der Waals surface area contributed by atoms with E-state index in [1.807, 2.05) is 0 Å². The van der Waals surface area contributed by atoms with E-state index >= 15 is 0 Å². The molecular formula is C21H19FN10O3. The van der Waals surface area contributed by atoms with Gasteiger partial charge in [0.2, 0.25) is 5.88 Å². The molecule has 0 fully saturated rings. The minimum atomic E-state index is -0.570. The quantitative estimate of drug-likeness (QED) is 0.339. The van der Waals surface area contributed by atoms with E-state index in [9.17, 15) is 9.18 Å². The smallest absolute Gasteiger partial charge is 0.273 e. The molecule has 0 aliphatic rings. The largest absolute Gasteiger partial charge is 0.492 e. The summed E-state index contributed by atoms with van der Waals surface area (Å²) in [4.78, 5) is 24.7. The fourth-order valence-electron chi connectivity index (χ4n) is 2.96. The zero-order valence-corrected chi connectivity index (χ0v) is 18.8. The van der Waals surface area contributed by atoms with Crippen molar-refractivity contribution in [3.8, 4) is 23.0 Å². The van der Waals surface area contributed by atoms with E-state index in [0.29, 0.717) is 17.3 Å². The monoisotopic (exact) mass is 478 g/mol. The molecule has 4 aromatic heterocycles. The van der Waals surface area contributed by atoms with Gasteiger partial charge in [-0.2, -0.15) is 0 Å². The minimum Gasteiger partial charge on any atom is -0.492 e. The van der Waals surface area contributed by atoms with Crippen molar-refractivity contribution in [1.29, 1.82) is 0 Å². The summed E-state index contributed by atoms with van der Waals surface area (Å²) in [6, 6.07) is 6.44. The molecular weight excluding hydrogens is 459 g/mol. The van der Waals surface area contributed by atoms with Crippen molar-refractivity contribution in [3.05, 3.63) is 54.4 Å². The third kappa shape index (κ3) is 5.16. The zero-order valence-electron chi connectivity index (χ0n) is 18.8. The van der Waals surface area contributed by atoms with Crippen LogP contribution in [0.5, 0.6) is 11.6 Å². The molecule has 0 aromatic carbocycles. The summed E-state index contributed by atoms with van der Waals surface area (Å²) in [5, 5.41) is 24.4. The normalized spacial score (nSPS) is 10.4. The predicted molar refractivity (Wildman–Crippen MR) is 122 cm³/mol. The molecule has 0 spiro atoms. The molecule has 0 aliphatic heterocycles. The molecule has 4 aromatic rings. The number of pyridine rings is 1. The molecule has 4 rings (SSSR count). The predicted octanol–water partition coefficient (Wildman–Crippen LogP) is 2.12. The zero-order chi connectivity index (χ0) is 24.8. The summed E-state index contributed by atoms with van der Waals surface area (Å²) in [5.74, 6) is 0.699. The van der Waals surface area contributed by atoms with E-state index in [0.717, 1.165) is 12.4 Å². The highest BCUT2D eigenvalue weighted by molar-refractivity contribution is 5.98. The Bertz CT molecular complexity index is 1340. The maximum atomic E-state index is 13.3. The van der Waals surface area contributed by atoms with Crippen LogP contribution in [-0.4, -0.2) is 62.5 Å². The summed E-state index contributed by atoms with van der Waals surface area (Å²) in [6.07, 6.45) is 3.59. The lowest BCUT2D eigenvalue weighted by atomic mass is 10.2. The molecule has 0 saturated heterocycles. The maximum Gasteiger partial charge on any atom is 0.273 e. The highest BCUT2D eigenvalue weighted by Gasteiger charge is 2.19. The topological polar surface area (TPSA) is 162 Å². The first-order valence-electron chi connectivity index (χ1n) is 10.0. The molecule has 0 aliphatic carbocycles. The van der Waals surface area contributed by atoms with Gasteiger partial charge in [0.15, 0.2) is 40.5 Å². The highest BCUT2D eigenvalue weighted by atomic mass is 19.1. The first kappa shape index (κ1) is 23.2. The van der Waals surface area contributed by atoms with E-state index in [1.54, 1.807) is 24.3 Å². The second-order valence-corrected chi connectivity index (χ2v) is 6.75. The number of rotatable bonds is 8. The molecule has 0 atom stereocenters. The van der Waals surface area contributed by atoms with Crippen LogP contribution in [0.3, 0.4) is 0 Å². The van der Waals surface area contributed by atoms with E-state index in [2.05, 4.69) is 51.3 Å². The third-order valence-electron chi connectivity index (χ3n) is 4.56. The number of aromatic nitrogens is 7. The van der Waals surface area contributed by atoms with Gasteiger partial charge in [-0.05, 0) is 12.1 Å². The number of nitrogens with zero attached hydrogens (tertiary/aromatic N) is 7. The summed E-state index contributed by atoms with van der Waals surface area (Å²) < 4.78 is 23.8. The second kappa shape index (κ2) is 10.3. The van der Waals surface area contributed by atoms with Gasteiger partial charge < -0.3 is 25.4 Å². The lowest BCUT2D eigenvalue weighted by molar-refractivity contribution is 0.0958. The summed E-state index contributed by atoms with van der Waals surface area (Å²) in [7, 11) is 4.39. The fourth-order valence-corrected chi connectivity index (χ4v) is 2.96. The van der Waals surface area contributed by atoms with Gasteiger partial charge in [0.05, 0.1) is 37.9 Å². The SMILES string of the molecule is CNC(=O)c1nnc(Nc2ccc(OC)nn2)cc1Nc1nccc(-c2ncc(F)cn2)c1OC. The number of halogens is 1. The molecule has 178 valence electrons. The first-order valence-corrected chi connectivity index (χ1v) is 10.0. The van der Waals surface area contributed by atoms with Crippen molar-refractivity contribution in [2.24, 2.45) is 0 Å². The molecule has 0 unspecified atom stereocenters. The van der Waals surface area contributed by atoms with Gasteiger partial charge in [-0.25, -0.2) is 19.3 Å². The van der Waals surface area contributed by atoms with Crippen LogP contribution >= 0.6 is 0 Å². The molecule has 0 bridgehead atoms. The van der Waals surface area contributed by atoms with E-state index in [1.165, 1.54) is 27.5 Å². The number of anilines is 4. The van der Waals surface area contributed by atoms with Gasteiger partial charge in [0.1, 0.15) is 0 Å². The van der Waals surface area contributed by atoms with Crippen molar-refractivity contribution < 1.29 is 18.7 Å². The Morgan fingerprint density at radius 1 is 0.914 bits per heavy atom. The average Bonchev–Trinajstić information content (AvgIpc) is 2.89. The summed E-state index contributed by atoms with van der Waals surface area (Å²) >= 11 is 0. The van der Waals surface area contributed by atoms with Crippen LogP contribution in [0.4, 0.5) is 27.5 Å². The van der Waals surface area contributed by atoms with Crippen molar-refractivity contribution in [3.63, 3.8) is 0 Å². The number of nitrogens with one attached hydrogen (secondary N) is 3. The Morgan fingerprint density at radius 3 is 2.34 bits per heavy atom. The Hall–Kier alpha value is -5.01. The number of carbonyl (C=O) groups excluding carboxylic acids is 1. The van der Waals surface area contributed by atoms with Crippen LogP contribution in [-0.2, 0) is 0 Å². The standard InChI is InChI=1S/C21H19FN10O3/c1-23-21(33)17-13(8-15(30-32-17)28-14-4-5-16(34-2)31-29-14)27-20-18(35-3)12(6-7-24-20)19-25-9-11(22)10-26-19/h4-10H,1-3H3,(H,23,33)(H2,24,27,28,29,30).